The molecule has 0 aromatic rings. The molecular formula is C14H32O4Ti. The molecule has 116 valence electrons. The molecule has 0 fully saturated rings. The Balaban J connectivity index is -0.000000256. The first-order valence-electron chi connectivity index (χ1n) is 7.03. The summed E-state index contributed by atoms with van der Waals surface area (Å²) in [5.74, 6) is 0.560. The molecule has 0 amide bonds. The Kier molecular flexibility index (Phi) is 21.5. The van der Waals surface area contributed by atoms with Gasteiger partial charge in [0.1, 0.15) is 0 Å². The van der Waals surface area contributed by atoms with E-state index in [0.29, 0.717) is 18.9 Å². The van der Waals surface area contributed by atoms with E-state index in [1.54, 1.807) is 0 Å². The first-order valence-corrected chi connectivity index (χ1v) is 7.03. The van der Waals surface area contributed by atoms with Crippen molar-refractivity contribution in [2.45, 2.75) is 52.9 Å². The number of hydrogen-bond acceptors (Lipinski definition) is 4. The molecule has 4 N–H and O–H groups in total. The predicted molar refractivity (Wildman–Crippen MR) is 74.4 cm³/mol. The topological polar surface area (TPSA) is 80.9 Å². The molecule has 5 heteroatoms. The van der Waals surface area contributed by atoms with Gasteiger partial charge in [-0.3, -0.25) is 0 Å². The van der Waals surface area contributed by atoms with E-state index in [1.807, 2.05) is 6.92 Å². The van der Waals surface area contributed by atoms with Crippen molar-refractivity contribution < 1.29 is 42.1 Å². The van der Waals surface area contributed by atoms with Gasteiger partial charge in [0.15, 0.2) is 0 Å². The van der Waals surface area contributed by atoms with Gasteiger partial charge in [0.05, 0.1) is 19.8 Å². The number of unbranched alkanes of at least 4 members (excludes halogenated alkanes) is 1. The maximum atomic E-state index is 8.75. The quantitative estimate of drug-likeness (QED) is 0.487. The summed E-state index contributed by atoms with van der Waals surface area (Å²) in [7, 11) is 0. The first kappa shape index (κ1) is 24.6. The Hall–Kier alpha value is 0.554. The number of rotatable bonds is 9. The molecule has 0 aliphatic heterocycles. The van der Waals surface area contributed by atoms with Crippen molar-refractivity contribution in [2.75, 3.05) is 26.4 Å². The van der Waals surface area contributed by atoms with Crippen LogP contribution in [0.15, 0.2) is 0 Å². The van der Waals surface area contributed by atoms with Gasteiger partial charge in [-0.25, -0.2) is 0 Å². The van der Waals surface area contributed by atoms with Gasteiger partial charge in [-0.05, 0) is 18.8 Å². The molecule has 0 spiro atoms. The number of aliphatic hydroxyl groups is 4. The van der Waals surface area contributed by atoms with Crippen molar-refractivity contribution in [1.82, 2.24) is 0 Å². The fourth-order valence-corrected chi connectivity index (χ4v) is 1.40. The van der Waals surface area contributed by atoms with Crippen LogP contribution in [0.3, 0.4) is 0 Å². The summed E-state index contributed by atoms with van der Waals surface area (Å²) in [5.41, 5.74) is -0.667. The molecule has 1 atom stereocenters. The van der Waals surface area contributed by atoms with Crippen LogP contribution in [0.2, 0.25) is 0 Å². The monoisotopic (exact) mass is 312 g/mol. The van der Waals surface area contributed by atoms with Gasteiger partial charge < -0.3 is 20.4 Å². The molecule has 1 unspecified atom stereocenters. The second-order valence-electron chi connectivity index (χ2n) is 4.93. The van der Waals surface area contributed by atoms with Crippen LogP contribution in [0.25, 0.3) is 0 Å². The van der Waals surface area contributed by atoms with E-state index in [0.717, 1.165) is 6.42 Å². The molecule has 4 nitrogen and oxygen atoms in total. The summed E-state index contributed by atoms with van der Waals surface area (Å²) in [6, 6.07) is 0. The first-order chi connectivity index (χ1) is 8.59. The largest absolute Gasteiger partial charge is 0.396 e. The second-order valence-corrected chi connectivity index (χ2v) is 4.93. The van der Waals surface area contributed by atoms with Crippen molar-refractivity contribution in [3.05, 3.63) is 0 Å². The molecule has 0 radical (unpaired) electrons. The van der Waals surface area contributed by atoms with Gasteiger partial charge in [-0.15, -0.1) is 0 Å². The Morgan fingerprint density at radius 1 is 0.895 bits per heavy atom. The van der Waals surface area contributed by atoms with Crippen LogP contribution in [0.1, 0.15) is 52.9 Å². The minimum atomic E-state index is -0.667. The molecule has 0 rings (SSSR count). The molecule has 0 bridgehead atoms. The van der Waals surface area contributed by atoms with Crippen LogP contribution in [0.5, 0.6) is 0 Å². The molecule has 0 heterocycles. The third kappa shape index (κ3) is 12.0. The maximum Gasteiger partial charge on any atom is 0.0531 e. The number of aliphatic hydroxyl groups excluding tert-OH is 4. The van der Waals surface area contributed by atoms with Crippen LogP contribution in [-0.4, -0.2) is 46.9 Å². The van der Waals surface area contributed by atoms with Crippen LogP contribution >= 0.6 is 0 Å². The van der Waals surface area contributed by atoms with Gasteiger partial charge >= 0.3 is 0 Å². The smallest absolute Gasteiger partial charge is 0.0531 e. The zero-order valence-corrected chi connectivity index (χ0v) is 14.3. The zero-order valence-electron chi connectivity index (χ0n) is 12.7. The standard InChI is InChI=1S/C8H18O.C6H14O3.Ti/c1-3-5-6-8(4-2)7-9;1-2-6(3-7,4-8)5-9;/h8-9H,3-7H2,1-2H3;7-9H,2-5H2,1H3;. The normalized spacial score (nSPS) is 12.2. The fourth-order valence-electron chi connectivity index (χ4n) is 1.40. The molecule has 0 saturated carbocycles. The number of hydrogen-bond donors (Lipinski definition) is 4. The molecule has 0 aromatic heterocycles. The van der Waals surface area contributed by atoms with Crippen molar-refractivity contribution in [3.63, 3.8) is 0 Å². The summed E-state index contributed by atoms with van der Waals surface area (Å²) in [4.78, 5) is 0. The fraction of sp³-hybridized carbons (Fsp3) is 1.00. The molecule has 0 aliphatic rings. The third-order valence-corrected chi connectivity index (χ3v) is 3.56. The van der Waals surface area contributed by atoms with E-state index in [4.69, 9.17) is 20.4 Å². The summed E-state index contributed by atoms with van der Waals surface area (Å²) >= 11 is 0. The molecule has 0 aliphatic carbocycles. The Morgan fingerprint density at radius 3 is 1.53 bits per heavy atom. The van der Waals surface area contributed by atoms with Crippen molar-refractivity contribution >= 4 is 0 Å². The van der Waals surface area contributed by atoms with E-state index in [1.165, 1.54) is 19.3 Å². The summed E-state index contributed by atoms with van der Waals surface area (Å²) in [6.45, 7) is 6.04. The van der Waals surface area contributed by atoms with E-state index in [-0.39, 0.29) is 41.5 Å². The van der Waals surface area contributed by atoms with E-state index in [9.17, 15) is 0 Å². The average Bonchev–Trinajstić information content (AvgIpc) is 2.44. The SMILES string of the molecule is CCC(CO)(CO)CO.CCCCC(CC)CO.[Ti]. The minimum absolute atomic E-state index is 0. The average molecular weight is 312 g/mol. The molecular weight excluding hydrogens is 280 g/mol. The van der Waals surface area contributed by atoms with Gasteiger partial charge in [-0.2, -0.15) is 0 Å². The van der Waals surface area contributed by atoms with E-state index >= 15 is 0 Å². The molecule has 19 heavy (non-hydrogen) atoms. The van der Waals surface area contributed by atoms with Crippen LogP contribution in [0, 0.1) is 11.3 Å². The summed E-state index contributed by atoms with van der Waals surface area (Å²) in [6.07, 6.45) is 5.42. The van der Waals surface area contributed by atoms with Crippen molar-refractivity contribution in [2.24, 2.45) is 11.3 Å². The minimum Gasteiger partial charge on any atom is -0.396 e. The van der Waals surface area contributed by atoms with Gasteiger partial charge in [-0.1, -0.05) is 40.0 Å². The van der Waals surface area contributed by atoms with E-state index < -0.39 is 5.41 Å². The third-order valence-electron chi connectivity index (χ3n) is 3.56. The van der Waals surface area contributed by atoms with Crippen molar-refractivity contribution in [3.8, 4) is 0 Å². The van der Waals surface area contributed by atoms with E-state index in [2.05, 4.69) is 13.8 Å². The Labute approximate surface area is 133 Å². The Morgan fingerprint density at radius 2 is 1.37 bits per heavy atom. The zero-order chi connectivity index (χ0) is 14.4. The Bertz CT molecular complexity index is 142. The van der Waals surface area contributed by atoms with Crippen LogP contribution in [0.4, 0.5) is 0 Å². The maximum absolute atomic E-state index is 8.75. The molecule has 0 aromatic carbocycles. The predicted octanol–water partition coefficient (Wildman–Crippen LogP) is 1.55. The second kappa shape index (κ2) is 16.6. The van der Waals surface area contributed by atoms with Crippen LogP contribution in [-0.2, 0) is 21.7 Å². The summed E-state index contributed by atoms with van der Waals surface area (Å²) < 4.78 is 0. The molecule has 0 saturated heterocycles. The van der Waals surface area contributed by atoms with Crippen LogP contribution < -0.4 is 0 Å². The van der Waals surface area contributed by atoms with Gasteiger partial charge in [0.2, 0.25) is 0 Å². The van der Waals surface area contributed by atoms with Gasteiger partial charge in [0, 0.05) is 33.7 Å². The van der Waals surface area contributed by atoms with Crippen molar-refractivity contribution in [1.29, 1.82) is 0 Å². The summed E-state index contributed by atoms with van der Waals surface area (Å²) in [5, 5.41) is 34.7. The van der Waals surface area contributed by atoms with Gasteiger partial charge in [0.25, 0.3) is 0 Å².